The van der Waals surface area contributed by atoms with E-state index in [4.69, 9.17) is 5.73 Å². The minimum absolute atomic E-state index is 0.328. The third-order valence-corrected chi connectivity index (χ3v) is 3.26. The molecule has 76 valence electrons. The first-order valence-corrected chi connectivity index (χ1v) is 5.48. The van der Waals surface area contributed by atoms with Crippen molar-refractivity contribution in [3.8, 4) is 0 Å². The van der Waals surface area contributed by atoms with E-state index in [9.17, 15) is 0 Å². The molecule has 1 saturated carbocycles. The molecule has 0 aliphatic heterocycles. The minimum atomic E-state index is 0.328. The predicted molar refractivity (Wildman–Crippen MR) is 60.2 cm³/mol. The Morgan fingerprint density at radius 2 is 2.29 bits per heavy atom. The number of nitrogens with two attached hydrogens (primary N) is 1. The third kappa shape index (κ3) is 1.68. The standard InChI is InChI=1S/C9H13BrN4/c1-14(6-3-2-4-6)8-7(10)5-12-9(11)13-8/h5-6H,2-4H2,1H3,(H2,11,12,13). The molecule has 1 heterocycles. The lowest BCUT2D eigenvalue weighted by Crippen LogP contribution is -2.37. The zero-order chi connectivity index (χ0) is 10.1. The van der Waals surface area contributed by atoms with Crippen molar-refractivity contribution in [1.29, 1.82) is 0 Å². The minimum Gasteiger partial charge on any atom is -0.368 e. The number of rotatable bonds is 2. The second-order valence-corrected chi connectivity index (χ2v) is 4.45. The maximum Gasteiger partial charge on any atom is 0.222 e. The summed E-state index contributed by atoms with van der Waals surface area (Å²) in [6.07, 6.45) is 5.50. The second-order valence-electron chi connectivity index (χ2n) is 3.60. The molecule has 0 aromatic carbocycles. The number of halogens is 1. The van der Waals surface area contributed by atoms with Crippen LogP contribution in [0.5, 0.6) is 0 Å². The summed E-state index contributed by atoms with van der Waals surface area (Å²) in [6.45, 7) is 0. The zero-order valence-corrected chi connectivity index (χ0v) is 9.66. The van der Waals surface area contributed by atoms with Crippen molar-refractivity contribution in [2.75, 3.05) is 17.7 Å². The Labute approximate surface area is 91.7 Å². The Morgan fingerprint density at radius 1 is 1.57 bits per heavy atom. The second kappa shape index (κ2) is 3.73. The number of aromatic nitrogens is 2. The third-order valence-electron chi connectivity index (χ3n) is 2.70. The predicted octanol–water partition coefficient (Wildman–Crippen LogP) is 1.81. The van der Waals surface area contributed by atoms with E-state index in [1.54, 1.807) is 6.20 Å². The Hall–Kier alpha value is -0.840. The molecule has 0 amide bonds. The van der Waals surface area contributed by atoms with Crippen LogP contribution in [0.1, 0.15) is 19.3 Å². The summed E-state index contributed by atoms with van der Waals surface area (Å²) in [6, 6.07) is 0.612. The highest BCUT2D eigenvalue weighted by molar-refractivity contribution is 9.10. The van der Waals surface area contributed by atoms with Gasteiger partial charge in [-0.1, -0.05) is 0 Å². The molecule has 1 aliphatic carbocycles. The normalized spacial score (nSPS) is 16.4. The highest BCUT2D eigenvalue weighted by atomic mass is 79.9. The summed E-state index contributed by atoms with van der Waals surface area (Å²) in [5, 5.41) is 0. The molecular weight excluding hydrogens is 244 g/mol. The van der Waals surface area contributed by atoms with Gasteiger partial charge in [0.2, 0.25) is 5.95 Å². The highest BCUT2D eigenvalue weighted by Gasteiger charge is 2.24. The number of hydrogen-bond donors (Lipinski definition) is 1. The van der Waals surface area contributed by atoms with Gasteiger partial charge < -0.3 is 10.6 Å². The summed E-state index contributed by atoms with van der Waals surface area (Å²) in [4.78, 5) is 10.3. The van der Waals surface area contributed by atoms with Crippen LogP contribution in [-0.4, -0.2) is 23.1 Å². The summed E-state index contributed by atoms with van der Waals surface area (Å²) in [7, 11) is 2.05. The largest absolute Gasteiger partial charge is 0.368 e. The van der Waals surface area contributed by atoms with E-state index in [1.165, 1.54) is 19.3 Å². The maximum absolute atomic E-state index is 5.56. The molecule has 4 nitrogen and oxygen atoms in total. The van der Waals surface area contributed by atoms with Crippen molar-refractivity contribution in [3.05, 3.63) is 10.7 Å². The van der Waals surface area contributed by atoms with Crippen molar-refractivity contribution in [1.82, 2.24) is 9.97 Å². The number of nitrogen functional groups attached to an aromatic ring is 1. The number of nitrogens with zero attached hydrogens (tertiary/aromatic N) is 3. The molecule has 1 aromatic rings. The number of hydrogen-bond acceptors (Lipinski definition) is 4. The molecule has 2 rings (SSSR count). The molecule has 5 heteroatoms. The van der Waals surface area contributed by atoms with Gasteiger partial charge in [0.25, 0.3) is 0 Å². The molecule has 0 atom stereocenters. The molecule has 1 aromatic heterocycles. The fourth-order valence-electron chi connectivity index (χ4n) is 1.57. The van der Waals surface area contributed by atoms with Gasteiger partial charge in [-0.2, -0.15) is 4.98 Å². The van der Waals surface area contributed by atoms with Crippen LogP contribution in [0.2, 0.25) is 0 Å². The van der Waals surface area contributed by atoms with E-state index in [2.05, 4.69) is 37.8 Å². The van der Waals surface area contributed by atoms with E-state index in [1.807, 2.05) is 0 Å². The molecule has 2 N–H and O–H groups in total. The summed E-state index contributed by atoms with van der Waals surface area (Å²) in [5.41, 5.74) is 5.56. The summed E-state index contributed by atoms with van der Waals surface area (Å²) < 4.78 is 0.904. The van der Waals surface area contributed by atoms with Crippen LogP contribution in [0.4, 0.5) is 11.8 Å². The van der Waals surface area contributed by atoms with Gasteiger partial charge in [0.05, 0.1) is 4.47 Å². The van der Waals surface area contributed by atoms with Crippen molar-refractivity contribution in [2.45, 2.75) is 25.3 Å². The van der Waals surface area contributed by atoms with Crippen molar-refractivity contribution in [3.63, 3.8) is 0 Å². The quantitative estimate of drug-likeness (QED) is 0.877. The van der Waals surface area contributed by atoms with Gasteiger partial charge in [-0.15, -0.1) is 0 Å². The molecule has 0 radical (unpaired) electrons. The van der Waals surface area contributed by atoms with Crippen LogP contribution in [0.15, 0.2) is 10.7 Å². The number of anilines is 2. The average Bonchev–Trinajstić information content (AvgIpc) is 2.06. The maximum atomic E-state index is 5.56. The van der Waals surface area contributed by atoms with Gasteiger partial charge in [-0.3, -0.25) is 0 Å². The van der Waals surface area contributed by atoms with Crippen molar-refractivity contribution in [2.24, 2.45) is 0 Å². The topological polar surface area (TPSA) is 55.0 Å². The summed E-state index contributed by atoms with van der Waals surface area (Å²) in [5.74, 6) is 1.22. The van der Waals surface area contributed by atoms with Gasteiger partial charge in [0, 0.05) is 19.3 Å². The Bertz CT molecular complexity index is 338. The van der Waals surface area contributed by atoms with Gasteiger partial charge in [0.1, 0.15) is 5.82 Å². The average molecular weight is 257 g/mol. The molecule has 1 fully saturated rings. The lowest BCUT2D eigenvalue weighted by atomic mass is 9.92. The zero-order valence-electron chi connectivity index (χ0n) is 8.07. The smallest absolute Gasteiger partial charge is 0.222 e. The molecule has 0 saturated heterocycles. The van der Waals surface area contributed by atoms with Crippen LogP contribution in [-0.2, 0) is 0 Å². The van der Waals surface area contributed by atoms with Gasteiger partial charge in [-0.05, 0) is 35.2 Å². The first-order chi connectivity index (χ1) is 6.68. The molecule has 1 aliphatic rings. The van der Waals surface area contributed by atoms with Crippen LogP contribution in [0, 0.1) is 0 Å². The highest BCUT2D eigenvalue weighted by Crippen LogP contribution is 2.31. The van der Waals surface area contributed by atoms with Gasteiger partial charge in [-0.25, -0.2) is 4.98 Å². The monoisotopic (exact) mass is 256 g/mol. The van der Waals surface area contributed by atoms with E-state index in [-0.39, 0.29) is 0 Å². The van der Waals surface area contributed by atoms with Crippen LogP contribution < -0.4 is 10.6 Å². The Balaban J connectivity index is 2.24. The lowest BCUT2D eigenvalue weighted by molar-refractivity contribution is 0.399. The molecule has 0 spiro atoms. The molecular formula is C9H13BrN4. The van der Waals surface area contributed by atoms with Gasteiger partial charge in [0.15, 0.2) is 0 Å². The summed E-state index contributed by atoms with van der Waals surface area (Å²) >= 11 is 3.43. The van der Waals surface area contributed by atoms with E-state index in [0.717, 1.165) is 10.3 Å². The van der Waals surface area contributed by atoms with Crippen LogP contribution >= 0.6 is 15.9 Å². The van der Waals surface area contributed by atoms with E-state index < -0.39 is 0 Å². The first-order valence-electron chi connectivity index (χ1n) is 4.69. The van der Waals surface area contributed by atoms with Gasteiger partial charge >= 0.3 is 0 Å². The Kier molecular flexibility index (Phi) is 2.58. The molecule has 14 heavy (non-hydrogen) atoms. The molecule has 0 unspecified atom stereocenters. The molecule has 0 bridgehead atoms. The van der Waals surface area contributed by atoms with E-state index in [0.29, 0.717) is 12.0 Å². The SMILES string of the molecule is CN(c1nc(N)ncc1Br)C1CCC1. The van der Waals surface area contributed by atoms with E-state index >= 15 is 0 Å². The lowest BCUT2D eigenvalue weighted by Gasteiger charge is -2.35. The Morgan fingerprint density at radius 3 is 2.86 bits per heavy atom. The van der Waals surface area contributed by atoms with Crippen molar-refractivity contribution < 1.29 is 0 Å². The van der Waals surface area contributed by atoms with Crippen LogP contribution in [0.25, 0.3) is 0 Å². The fraction of sp³-hybridized carbons (Fsp3) is 0.556. The van der Waals surface area contributed by atoms with Crippen LogP contribution in [0.3, 0.4) is 0 Å². The van der Waals surface area contributed by atoms with Crippen molar-refractivity contribution >= 4 is 27.7 Å². The first kappa shape index (κ1) is 9.71. The fourth-order valence-corrected chi connectivity index (χ4v) is 2.04.